The summed E-state index contributed by atoms with van der Waals surface area (Å²) in [5.74, 6) is 2.09. The zero-order valence-electron chi connectivity index (χ0n) is 10.6. The largest absolute Gasteiger partial charge is 0.444 e. The molecule has 2 aliphatic heterocycles. The van der Waals surface area contributed by atoms with E-state index in [-0.39, 0.29) is 11.5 Å². The van der Waals surface area contributed by atoms with Gasteiger partial charge in [0.2, 0.25) is 0 Å². The molecule has 0 aromatic rings. The van der Waals surface area contributed by atoms with E-state index in [0.717, 1.165) is 11.5 Å². The lowest BCUT2D eigenvalue weighted by atomic mass is 9.76. The molecule has 17 heavy (non-hydrogen) atoms. The molecule has 2 rings (SSSR count). The lowest BCUT2D eigenvalue weighted by molar-refractivity contribution is -0.136. The van der Waals surface area contributed by atoms with E-state index in [1.807, 2.05) is 32.5 Å². The van der Waals surface area contributed by atoms with Crippen molar-refractivity contribution in [3.05, 3.63) is 0 Å². The molecule has 2 saturated heterocycles. The second-order valence-electron chi connectivity index (χ2n) is 5.84. The Bertz CT molecular complexity index is 342. The number of hydrogen-bond acceptors (Lipinski definition) is 4. The zero-order chi connectivity index (χ0) is 12.7. The van der Waals surface area contributed by atoms with Crippen LogP contribution < -0.4 is 0 Å². The van der Waals surface area contributed by atoms with Crippen LogP contribution >= 0.6 is 11.8 Å². The molecule has 96 valence electrons. The molecule has 0 aliphatic carbocycles. The van der Waals surface area contributed by atoms with E-state index in [4.69, 9.17) is 4.74 Å². The Morgan fingerprint density at radius 3 is 2.59 bits per heavy atom. The second kappa shape index (κ2) is 4.19. The Morgan fingerprint density at radius 2 is 2.06 bits per heavy atom. The highest BCUT2D eigenvalue weighted by Crippen LogP contribution is 2.40. The molecule has 2 aliphatic rings. The summed E-state index contributed by atoms with van der Waals surface area (Å²) in [4.78, 5) is 25.3. The quantitative estimate of drug-likeness (QED) is 0.665. The number of carbonyl (C=O) groups excluding carboxylic acids is 2. The SMILES string of the molecule is CC(C)(C)OC(=O)N1CC2(CSCCC2=O)C1. The Balaban J connectivity index is 1.89. The molecule has 1 spiro atoms. The molecular weight excluding hydrogens is 238 g/mol. The van der Waals surface area contributed by atoms with Gasteiger partial charge in [0.1, 0.15) is 11.4 Å². The third-order valence-electron chi connectivity index (χ3n) is 3.08. The van der Waals surface area contributed by atoms with Gasteiger partial charge in [0.25, 0.3) is 0 Å². The van der Waals surface area contributed by atoms with Crippen LogP contribution in [0.5, 0.6) is 0 Å². The van der Waals surface area contributed by atoms with Gasteiger partial charge in [0.05, 0.1) is 5.41 Å². The molecule has 2 heterocycles. The number of rotatable bonds is 0. The monoisotopic (exact) mass is 257 g/mol. The molecule has 0 aromatic carbocycles. The zero-order valence-corrected chi connectivity index (χ0v) is 11.4. The number of hydrogen-bond donors (Lipinski definition) is 0. The highest BCUT2D eigenvalue weighted by molar-refractivity contribution is 7.99. The third-order valence-corrected chi connectivity index (χ3v) is 4.33. The van der Waals surface area contributed by atoms with Gasteiger partial charge in [-0.25, -0.2) is 4.79 Å². The van der Waals surface area contributed by atoms with Crippen LogP contribution in [0.1, 0.15) is 27.2 Å². The number of Topliss-reactive ketones (excluding diaryl/α,β-unsaturated/α-hetero) is 1. The van der Waals surface area contributed by atoms with Crippen LogP contribution in [-0.4, -0.2) is 47.0 Å². The van der Waals surface area contributed by atoms with Crippen molar-refractivity contribution in [2.45, 2.75) is 32.8 Å². The van der Waals surface area contributed by atoms with E-state index >= 15 is 0 Å². The normalized spacial score (nSPS) is 23.5. The van der Waals surface area contributed by atoms with Gasteiger partial charge in [0, 0.05) is 31.0 Å². The molecule has 1 amide bonds. The summed E-state index contributed by atoms with van der Waals surface area (Å²) in [6, 6.07) is 0. The number of nitrogens with zero attached hydrogens (tertiary/aromatic N) is 1. The first-order valence-electron chi connectivity index (χ1n) is 5.91. The van der Waals surface area contributed by atoms with Crippen molar-refractivity contribution < 1.29 is 14.3 Å². The Hall–Kier alpha value is -0.710. The Labute approximate surface area is 106 Å². The number of carbonyl (C=O) groups is 2. The van der Waals surface area contributed by atoms with Crippen LogP contribution in [0, 0.1) is 5.41 Å². The average Bonchev–Trinajstić information content (AvgIpc) is 2.12. The highest BCUT2D eigenvalue weighted by Gasteiger charge is 2.52. The first-order valence-corrected chi connectivity index (χ1v) is 7.07. The summed E-state index contributed by atoms with van der Waals surface area (Å²) in [5.41, 5.74) is -0.731. The molecule has 5 heteroatoms. The summed E-state index contributed by atoms with van der Waals surface area (Å²) < 4.78 is 5.28. The lowest BCUT2D eigenvalue weighted by Gasteiger charge is -2.50. The van der Waals surface area contributed by atoms with Gasteiger partial charge in [-0.05, 0) is 20.8 Å². The van der Waals surface area contributed by atoms with Gasteiger partial charge in [-0.15, -0.1) is 0 Å². The first-order chi connectivity index (χ1) is 7.82. The summed E-state index contributed by atoms with van der Waals surface area (Å²) >= 11 is 1.81. The van der Waals surface area contributed by atoms with E-state index < -0.39 is 5.60 Å². The van der Waals surface area contributed by atoms with Crippen molar-refractivity contribution in [3.8, 4) is 0 Å². The molecule has 0 bridgehead atoms. The first kappa shape index (κ1) is 12.7. The molecule has 0 aromatic heterocycles. The molecule has 0 radical (unpaired) electrons. The average molecular weight is 257 g/mol. The molecule has 0 atom stereocenters. The van der Waals surface area contributed by atoms with Gasteiger partial charge in [-0.3, -0.25) is 4.79 Å². The van der Waals surface area contributed by atoms with E-state index in [2.05, 4.69) is 0 Å². The van der Waals surface area contributed by atoms with E-state index in [1.165, 1.54) is 0 Å². The summed E-state index contributed by atoms with van der Waals surface area (Å²) in [5, 5.41) is 0. The maximum atomic E-state index is 11.9. The fourth-order valence-electron chi connectivity index (χ4n) is 2.19. The highest BCUT2D eigenvalue weighted by atomic mass is 32.2. The van der Waals surface area contributed by atoms with Crippen LogP contribution in [0.3, 0.4) is 0 Å². The molecule has 2 fully saturated rings. The minimum atomic E-state index is -0.467. The minimum Gasteiger partial charge on any atom is -0.444 e. The fraction of sp³-hybridized carbons (Fsp3) is 0.833. The van der Waals surface area contributed by atoms with Gasteiger partial charge >= 0.3 is 6.09 Å². The van der Waals surface area contributed by atoms with Crippen LogP contribution in [0.4, 0.5) is 4.79 Å². The summed E-state index contributed by atoms with van der Waals surface area (Å²) in [6.07, 6.45) is 0.346. The van der Waals surface area contributed by atoms with Crippen molar-refractivity contribution in [2.24, 2.45) is 5.41 Å². The van der Waals surface area contributed by atoms with Crippen molar-refractivity contribution in [2.75, 3.05) is 24.6 Å². The van der Waals surface area contributed by atoms with E-state index in [0.29, 0.717) is 25.3 Å². The standard InChI is InChI=1S/C12H19NO3S/c1-11(2,3)16-10(15)13-6-12(7-13)8-17-5-4-9(12)14/h4-8H2,1-3H3. The van der Waals surface area contributed by atoms with Crippen LogP contribution in [0.2, 0.25) is 0 Å². The molecule has 4 nitrogen and oxygen atoms in total. The van der Waals surface area contributed by atoms with E-state index in [9.17, 15) is 9.59 Å². The van der Waals surface area contributed by atoms with Gasteiger partial charge in [0.15, 0.2) is 0 Å². The minimum absolute atomic E-state index is 0.264. The third kappa shape index (κ3) is 2.59. The molecule has 0 saturated carbocycles. The smallest absolute Gasteiger partial charge is 0.410 e. The number of amides is 1. The molecule has 0 unspecified atom stereocenters. The number of ether oxygens (including phenoxy) is 1. The Kier molecular flexibility index (Phi) is 3.14. The van der Waals surface area contributed by atoms with E-state index in [1.54, 1.807) is 4.90 Å². The van der Waals surface area contributed by atoms with Gasteiger partial charge in [-0.2, -0.15) is 11.8 Å². The predicted molar refractivity (Wildman–Crippen MR) is 67.2 cm³/mol. The molecule has 0 N–H and O–H groups in total. The second-order valence-corrected chi connectivity index (χ2v) is 6.95. The predicted octanol–water partition coefficient (Wildman–Crippen LogP) is 1.93. The number of thioether (sulfide) groups is 1. The van der Waals surface area contributed by atoms with Crippen molar-refractivity contribution in [1.82, 2.24) is 4.90 Å². The Morgan fingerprint density at radius 1 is 1.41 bits per heavy atom. The van der Waals surface area contributed by atoms with Crippen molar-refractivity contribution in [3.63, 3.8) is 0 Å². The number of ketones is 1. The summed E-state index contributed by atoms with van der Waals surface area (Å²) in [6.45, 7) is 6.62. The van der Waals surface area contributed by atoms with Crippen LogP contribution in [0.25, 0.3) is 0 Å². The van der Waals surface area contributed by atoms with Gasteiger partial charge < -0.3 is 9.64 Å². The fourth-order valence-corrected chi connectivity index (χ4v) is 3.39. The summed E-state index contributed by atoms with van der Waals surface area (Å²) in [7, 11) is 0. The van der Waals surface area contributed by atoms with Crippen LogP contribution in [-0.2, 0) is 9.53 Å². The maximum absolute atomic E-state index is 11.9. The van der Waals surface area contributed by atoms with Gasteiger partial charge in [-0.1, -0.05) is 0 Å². The lowest BCUT2D eigenvalue weighted by Crippen LogP contribution is -2.64. The topological polar surface area (TPSA) is 46.6 Å². The van der Waals surface area contributed by atoms with Crippen LogP contribution in [0.15, 0.2) is 0 Å². The van der Waals surface area contributed by atoms with Crippen molar-refractivity contribution in [1.29, 1.82) is 0 Å². The molecular formula is C12H19NO3S. The van der Waals surface area contributed by atoms with Crippen molar-refractivity contribution >= 4 is 23.6 Å². The maximum Gasteiger partial charge on any atom is 0.410 e. The number of likely N-dealkylation sites (tertiary alicyclic amines) is 1.